The molecule has 11 rings (SSSR count). The van der Waals surface area contributed by atoms with E-state index in [9.17, 15) is 0 Å². The highest BCUT2D eigenvalue weighted by Crippen LogP contribution is 2.41. The van der Waals surface area contributed by atoms with E-state index in [0.29, 0.717) is 34.6 Å². The van der Waals surface area contributed by atoms with Crippen molar-refractivity contribution in [2.24, 2.45) is 0 Å². The minimum Gasteiger partial charge on any atom is -0.456 e. The van der Waals surface area contributed by atoms with Gasteiger partial charge in [-0.05, 0) is 53.6 Å². The summed E-state index contributed by atoms with van der Waals surface area (Å²) in [5, 5.41) is 2.74. The minimum absolute atomic E-state index is 0.554. The Kier molecular flexibility index (Phi) is 7.35. The van der Waals surface area contributed by atoms with Crippen LogP contribution in [0.4, 0.5) is 0 Å². The Morgan fingerprint density at radius 1 is 0.321 bits per heavy atom. The van der Waals surface area contributed by atoms with Crippen LogP contribution in [0, 0.1) is 0 Å². The zero-order valence-corrected chi connectivity index (χ0v) is 29.8. The van der Waals surface area contributed by atoms with Crippen molar-refractivity contribution in [3.63, 3.8) is 0 Å². The average molecular weight is 720 g/mol. The van der Waals surface area contributed by atoms with Gasteiger partial charge in [-0.15, -0.1) is 0 Å². The lowest BCUT2D eigenvalue weighted by molar-refractivity contribution is 0.666. The van der Waals surface area contributed by atoms with E-state index in [1.54, 1.807) is 0 Å². The first kappa shape index (κ1) is 31.7. The molecule has 0 N–H and O–H groups in total. The Labute approximate surface area is 320 Å². The lowest BCUT2D eigenvalue weighted by Gasteiger charge is -2.09. The monoisotopic (exact) mass is 719 g/mol. The number of benzene rings is 7. The van der Waals surface area contributed by atoms with Gasteiger partial charge in [0, 0.05) is 44.0 Å². The molecule has 56 heavy (non-hydrogen) atoms. The van der Waals surface area contributed by atoms with E-state index >= 15 is 0 Å². The van der Waals surface area contributed by atoms with Crippen LogP contribution in [0.2, 0.25) is 0 Å². The van der Waals surface area contributed by atoms with Gasteiger partial charge in [-0.3, -0.25) is 0 Å². The van der Waals surface area contributed by atoms with Crippen molar-refractivity contribution in [3.05, 3.63) is 176 Å². The van der Waals surface area contributed by atoms with E-state index in [2.05, 4.69) is 42.5 Å². The Morgan fingerprint density at radius 3 is 1.64 bits per heavy atom. The van der Waals surface area contributed by atoms with Crippen molar-refractivity contribution in [1.29, 1.82) is 0 Å². The van der Waals surface area contributed by atoms with Gasteiger partial charge in [-0.2, -0.15) is 0 Å². The fraction of sp³-hybridized carbons (Fsp3) is 0. The molecule has 7 nitrogen and oxygen atoms in total. The van der Waals surface area contributed by atoms with Crippen molar-refractivity contribution in [2.75, 3.05) is 0 Å². The van der Waals surface area contributed by atoms with Crippen LogP contribution in [0.5, 0.6) is 0 Å². The van der Waals surface area contributed by atoms with Crippen LogP contribution in [-0.4, -0.2) is 24.9 Å². The summed E-state index contributed by atoms with van der Waals surface area (Å²) in [5.74, 6) is 2.36. The number of aromatic nitrogens is 5. The molecule has 11 aromatic rings. The molecular formula is C49H29N5O2. The number of hydrogen-bond acceptors (Lipinski definition) is 7. The molecule has 7 heteroatoms. The highest BCUT2D eigenvalue weighted by molar-refractivity contribution is 6.14. The Morgan fingerprint density at radius 2 is 0.893 bits per heavy atom. The van der Waals surface area contributed by atoms with Crippen LogP contribution < -0.4 is 0 Å². The molecule has 0 aliphatic carbocycles. The molecule has 0 saturated carbocycles. The van der Waals surface area contributed by atoms with Crippen molar-refractivity contribution in [2.45, 2.75) is 0 Å². The Hall–Kier alpha value is -7.77. The van der Waals surface area contributed by atoms with Crippen LogP contribution in [0.1, 0.15) is 0 Å². The summed E-state index contributed by atoms with van der Waals surface area (Å²) >= 11 is 0. The first-order chi connectivity index (χ1) is 27.7. The third-order valence-electron chi connectivity index (χ3n) is 10.2. The van der Waals surface area contributed by atoms with Crippen molar-refractivity contribution < 1.29 is 8.83 Å². The normalized spacial score (nSPS) is 11.6. The molecule has 0 unspecified atom stereocenters. The summed E-state index contributed by atoms with van der Waals surface area (Å²) in [6.45, 7) is 0. The van der Waals surface area contributed by atoms with Gasteiger partial charge in [-0.1, -0.05) is 133 Å². The molecule has 262 valence electrons. The van der Waals surface area contributed by atoms with Crippen LogP contribution in [0.15, 0.2) is 185 Å². The molecule has 0 aliphatic heterocycles. The smallest absolute Gasteiger partial charge is 0.180 e. The first-order valence-corrected chi connectivity index (χ1v) is 18.4. The van der Waals surface area contributed by atoms with Crippen LogP contribution in [0.25, 0.3) is 112 Å². The largest absolute Gasteiger partial charge is 0.456 e. The number of rotatable bonds is 6. The number of nitrogens with zero attached hydrogens (tertiary/aromatic N) is 5. The summed E-state index contributed by atoms with van der Waals surface area (Å²) in [6.07, 6.45) is 0. The maximum atomic E-state index is 6.53. The predicted molar refractivity (Wildman–Crippen MR) is 223 cm³/mol. The highest BCUT2D eigenvalue weighted by atomic mass is 16.3. The molecule has 0 atom stereocenters. The number of fused-ring (bicyclic) bond motifs is 6. The molecule has 0 fully saturated rings. The SMILES string of the molecule is c1ccc(-c2cccc(-c3nc(-c4ccc5oc6cccc(-c7nc(-c8ccccc8)nc(-c8ccccc8)n7)c6c5c4)c4oc5ccccc5c4n3)c2)cc1. The molecule has 7 aromatic carbocycles. The van der Waals surface area contributed by atoms with Gasteiger partial charge in [0.15, 0.2) is 28.9 Å². The molecule has 4 aromatic heterocycles. The maximum Gasteiger partial charge on any atom is 0.180 e. The van der Waals surface area contributed by atoms with Crippen molar-refractivity contribution in [3.8, 4) is 67.9 Å². The highest BCUT2D eigenvalue weighted by Gasteiger charge is 2.22. The Bertz CT molecular complexity index is 3190. The van der Waals surface area contributed by atoms with E-state index in [0.717, 1.165) is 77.4 Å². The number of furan rings is 2. The molecule has 0 bridgehead atoms. The summed E-state index contributed by atoms with van der Waals surface area (Å²) in [5.41, 5.74) is 10.9. The molecule has 0 amide bonds. The van der Waals surface area contributed by atoms with E-state index in [1.165, 1.54) is 0 Å². The summed E-state index contributed by atoms with van der Waals surface area (Å²) in [6, 6.07) is 58.9. The minimum atomic E-state index is 0.554. The van der Waals surface area contributed by atoms with Crippen molar-refractivity contribution >= 4 is 44.0 Å². The van der Waals surface area contributed by atoms with Crippen LogP contribution in [0.3, 0.4) is 0 Å². The topological polar surface area (TPSA) is 90.7 Å². The maximum absolute atomic E-state index is 6.53. The number of hydrogen-bond donors (Lipinski definition) is 0. The molecule has 0 aliphatic rings. The zero-order valence-electron chi connectivity index (χ0n) is 29.8. The molecular weight excluding hydrogens is 691 g/mol. The molecule has 0 spiro atoms. The van der Waals surface area contributed by atoms with Gasteiger partial charge < -0.3 is 8.83 Å². The molecule has 4 heterocycles. The van der Waals surface area contributed by atoms with Gasteiger partial charge in [0.2, 0.25) is 0 Å². The lowest BCUT2D eigenvalue weighted by Crippen LogP contribution is -2.00. The lowest BCUT2D eigenvalue weighted by atomic mass is 10.0. The Balaban J connectivity index is 1.13. The predicted octanol–water partition coefficient (Wildman–Crippen LogP) is 12.5. The third kappa shape index (κ3) is 5.41. The number of para-hydroxylation sites is 1. The fourth-order valence-electron chi connectivity index (χ4n) is 7.47. The quantitative estimate of drug-likeness (QED) is 0.169. The van der Waals surface area contributed by atoms with E-state index in [1.807, 2.05) is 133 Å². The van der Waals surface area contributed by atoms with Gasteiger partial charge in [0.25, 0.3) is 0 Å². The second kappa shape index (κ2) is 13.0. The third-order valence-corrected chi connectivity index (χ3v) is 10.2. The zero-order chi connectivity index (χ0) is 37.0. The van der Waals surface area contributed by atoms with Gasteiger partial charge in [0.1, 0.15) is 28.0 Å². The summed E-state index contributed by atoms with van der Waals surface area (Å²) in [4.78, 5) is 25.4. The van der Waals surface area contributed by atoms with E-state index < -0.39 is 0 Å². The standard InChI is InChI=1S/C49H29N5O2/c1-4-14-30(15-5-1)33-20-12-21-35(28-33)48-50-43(45-44(51-48)36-22-10-11-24-39(36)56-45)34-26-27-40-38(29-34)42-37(23-13-25-41(42)55-40)49-53-46(31-16-6-2-7-17-31)52-47(54-49)32-18-8-3-9-19-32/h1-29H. The molecule has 0 radical (unpaired) electrons. The van der Waals surface area contributed by atoms with Crippen LogP contribution in [-0.2, 0) is 0 Å². The van der Waals surface area contributed by atoms with Gasteiger partial charge >= 0.3 is 0 Å². The average Bonchev–Trinajstić information content (AvgIpc) is 3.85. The second-order valence-corrected chi connectivity index (χ2v) is 13.6. The van der Waals surface area contributed by atoms with Crippen molar-refractivity contribution in [1.82, 2.24) is 24.9 Å². The molecule has 0 saturated heterocycles. The van der Waals surface area contributed by atoms with E-state index in [4.69, 9.17) is 33.8 Å². The second-order valence-electron chi connectivity index (χ2n) is 13.6. The fourth-order valence-corrected chi connectivity index (χ4v) is 7.47. The van der Waals surface area contributed by atoms with Gasteiger partial charge in [-0.25, -0.2) is 24.9 Å². The first-order valence-electron chi connectivity index (χ1n) is 18.4. The summed E-state index contributed by atoms with van der Waals surface area (Å²) < 4.78 is 13.0. The van der Waals surface area contributed by atoms with Crippen LogP contribution >= 0.6 is 0 Å². The summed E-state index contributed by atoms with van der Waals surface area (Å²) in [7, 11) is 0. The van der Waals surface area contributed by atoms with Gasteiger partial charge in [0.05, 0.1) is 0 Å². The van der Waals surface area contributed by atoms with E-state index in [-0.39, 0.29) is 0 Å².